The van der Waals surface area contributed by atoms with E-state index < -0.39 is 17.1 Å². The van der Waals surface area contributed by atoms with Gasteiger partial charge >= 0.3 is 5.69 Å². The molecule has 31 heavy (non-hydrogen) atoms. The molecule has 0 atom stereocenters. The molecular formula is C24H16ClFN2O2S. The number of nitrogens with zero attached hydrogens (tertiary/aromatic N) is 2. The summed E-state index contributed by atoms with van der Waals surface area (Å²) in [7, 11) is 0. The quantitative estimate of drug-likeness (QED) is 0.363. The number of aryl methyl sites for hydroxylation is 1. The summed E-state index contributed by atoms with van der Waals surface area (Å²) in [5, 5.41) is 1.21. The smallest absolute Gasteiger partial charge is 0.287 e. The highest BCUT2D eigenvalue weighted by molar-refractivity contribution is 7.25. The van der Waals surface area contributed by atoms with Crippen molar-refractivity contribution >= 4 is 43.2 Å². The molecule has 0 radical (unpaired) electrons. The molecule has 5 aromatic rings. The fraction of sp³-hybridized carbons (Fsp3) is 0.0833. The number of hydrogen-bond acceptors (Lipinski definition) is 3. The van der Waals surface area contributed by atoms with Crippen LogP contribution in [0, 0.1) is 12.7 Å². The van der Waals surface area contributed by atoms with Crippen LogP contribution in [0.4, 0.5) is 4.39 Å². The molecule has 0 fully saturated rings. The van der Waals surface area contributed by atoms with Crippen molar-refractivity contribution in [2.75, 3.05) is 0 Å². The van der Waals surface area contributed by atoms with E-state index in [1.807, 2.05) is 31.2 Å². The summed E-state index contributed by atoms with van der Waals surface area (Å²) < 4.78 is 18.4. The van der Waals surface area contributed by atoms with Gasteiger partial charge in [-0.05, 0) is 36.8 Å². The number of benzene rings is 3. The third-order valence-corrected chi connectivity index (χ3v) is 6.74. The van der Waals surface area contributed by atoms with E-state index in [9.17, 15) is 14.0 Å². The first kappa shape index (κ1) is 19.7. The summed E-state index contributed by atoms with van der Waals surface area (Å²) in [5.41, 5.74) is 1.11. The minimum atomic E-state index is -0.533. The Morgan fingerprint density at radius 2 is 1.74 bits per heavy atom. The number of hydrogen-bond donors (Lipinski definition) is 0. The average Bonchev–Trinajstić information content (AvgIpc) is 3.15. The van der Waals surface area contributed by atoms with Gasteiger partial charge < -0.3 is 0 Å². The zero-order chi connectivity index (χ0) is 21.7. The second kappa shape index (κ2) is 7.48. The normalized spacial score (nSPS) is 11.5. The minimum Gasteiger partial charge on any atom is -0.287 e. The number of fused-ring (bicyclic) bond motifs is 3. The lowest BCUT2D eigenvalue weighted by molar-refractivity contribution is 0.594. The van der Waals surface area contributed by atoms with E-state index in [2.05, 4.69) is 0 Å². The third kappa shape index (κ3) is 3.19. The average molecular weight is 451 g/mol. The molecule has 0 saturated carbocycles. The van der Waals surface area contributed by atoms with Crippen LogP contribution in [0.25, 0.3) is 26.0 Å². The van der Waals surface area contributed by atoms with E-state index in [0.29, 0.717) is 26.5 Å². The highest BCUT2D eigenvalue weighted by Gasteiger charge is 2.21. The maximum atomic E-state index is 14.5. The van der Waals surface area contributed by atoms with Crippen molar-refractivity contribution in [2.24, 2.45) is 0 Å². The third-order valence-electron chi connectivity index (χ3n) is 5.36. The Hall–Kier alpha value is -3.22. The Morgan fingerprint density at radius 3 is 2.55 bits per heavy atom. The van der Waals surface area contributed by atoms with Crippen LogP contribution in [0.1, 0.15) is 11.1 Å². The molecule has 2 aromatic heterocycles. The Kier molecular flexibility index (Phi) is 4.76. The molecule has 154 valence electrons. The Bertz CT molecular complexity index is 1600. The SMILES string of the molecule is Cc1ccc(Cl)cc1-n1c(=O)c2sc3ccccc3c2n(Cc2ccccc2F)c1=O. The highest BCUT2D eigenvalue weighted by atomic mass is 35.5. The van der Waals surface area contributed by atoms with Crippen molar-refractivity contribution in [3.05, 3.63) is 110 Å². The molecule has 0 amide bonds. The van der Waals surface area contributed by atoms with Gasteiger partial charge in [0.1, 0.15) is 10.5 Å². The predicted molar refractivity (Wildman–Crippen MR) is 124 cm³/mol. The zero-order valence-corrected chi connectivity index (χ0v) is 18.0. The standard InChI is InChI=1S/C24H16ClFN2O2S/c1-14-10-11-16(25)12-19(14)28-23(29)22-21(17-7-3-5-9-20(17)31-22)27(24(28)30)13-15-6-2-4-8-18(15)26/h2-12H,13H2,1H3. The molecule has 0 bridgehead atoms. The fourth-order valence-corrected chi connectivity index (χ4v) is 5.13. The molecule has 0 unspecified atom stereocenters. The number of thiophene rings is 1. The molecule has 0 aliphatic carbocycles. The number of halogens is 2. The van der Waals surface area contributed by atoms with Crippen LogP contribution in [0.3, 0.4) is 0 Å². The molecule has 0 aliphatic heterocycles. The lowest BCUT2D eigenvalue weighted by Gasteiger charge is -2.15. The summed E-state index contributed by atoms with van der Waals surface area (Å²) in [6.45, 7) is 1.82. The Labute approximate surface area is 185 Å². The van der Waals surface area contributed by atoms with Crippen LogP contribution in [-0.4, -0.2) is 9.13 Å². The van der Waals surface area contributed by atoms with Gasteiger partial charge in [0, 0.05) is 20.7 Å². The molecule has 3 aromatic carbocycles. The summed E-state index contributed by atoms with van der Waals surface area (Å²) in [6, 6.07) is 18.9. The molecule has 4 nitrogen and oxygen atoms in total. The second-order valence-corrected chi connectivity index (χ2v) is 8.80. The summed E-state index contributed by atoms with van der Waals surface area (Å²) >= 11 is 7.50. The van der Waals surface area contributed by atoms with Crippen LogP contribution in [-0.2, 0) is 6.54 Å². The van der Waals surface area contributed by atoms with Gasteiger partial charge in [0.15, 0.2) is 0 Å². The first-order chi connectivity index (χ1) is 15.0. The molecule has 2 heterocycles. The summed E-state index contributed by atoms with van der Waals surface area (Å²) in [6.07, 6.45) is 0. The lowest BCUT2D eigenvalue weighted by atomic mass is 10.2. The van der Waals surface area contributed by atoms with Crippen molar-refractivity contribution in [1.82, 2.24) is 9.13 Å². The van der Waals surface area contributed by atoms with E-state index in [0.717, 1.165) is 20.2 Å². The van der Waals surface area contributed by atoms with Crippen molar-refractivity contribution < 1.29 is 4.39 Å². The maximum Gasteiger partial charge on any atom is 0.336 e. The summed E-state index contributed by atoms with van der Waals surface area (Å²) in [4.78, 5) is 27.2. The summed E-state index contributed by atoms with van der Waals surface area (Å²) in [5.74, 6) is -0.404. The zero-order valence-electron chi connectivity index (χ0n) is 16.4. The largest absolute Gasteiger partial charge is 0.336 e. The van der Waals surface area contributed by atoms with E-state index in [1.165, 1.54) is 22.0 Å². The highest BCUT2D eigenvalue weighted by Crippen LogP contribution is 2.31. The maximum absolute atomic E-state index is 14.5. The van der Waals surface area contributed by atoms with Gasteiger partial charge in [0.25, 0.3) is 5.56 Å². The van der Waals surface area contributed by atoms with Gasteiger partial charge in [-0.1, -0.05) is 54.1 Å². The lowest BCUT2D eigenvalue weighted by Crippen LogP contribution is -2.39. The van der Waals surface area contributed by atoms with E-state index in [4.69, 9.17) is 11.6 Å². The second-order valence-electron chi connectivity index (χ2n) is 7.31. The first-order valence-corrected chi connectivity index (χ1v) is 10.8. The van der Waals surface area contributed by atoms with Gasteiger partial charge in [-0.3, -0.25) is 9.36 Å². The number of aromatic nitrogens is 2. The molecule has 0 spiro atoms. The van der Waals surface area contributed by atoms with Gasteiger partial charge in [0.05, 0.1) is 17.7 Å². The van der Waals surface area contributed by atoms with Crippen LogP contribution in [0.15, 0.2) is 76.3 Å². The monoisotopic (exact) mass is 450 g/mol. The molecule has 7 heteroatoms. The molecule has 5 rings (SSSR count). The van der Waals surface area contributed by atoms with E-state index >= 15 is 0 Å². The predicted octanol–water partition coefficient (Wildman–Crippen LogP) is 5.52. The van der Waals surface area contributed by atoms with Crippen molar-refractivity contribution in [2.45, 2.75) is 13.5 Å². The topological polar surface area (TPSA) is 44.0 Å². The number of rotatable bonds is 3. The van der Waals surface area contributed by atoms with Crippen LogP contribution in [0.2, 0.25) is 5.02 Å². The van der Waals surface area contributed by atoms with Crippen LogP contribution in [0.5, 0.6) is 0 Å². The first-order valence-electron chi connectivity index (χ1n) is 9.63. The molecular weight excluding hydrogens is 435 g/mol. The van der Waals surface area contributed by atoms with Crippen LogP contribution < -0.4 is 11.2 Å². The van der Waals surface area contributed by atoms with Gasteiger partial charge in [0.2, 0.25) is 0 Å². The van der Waals surface area contributed by atoms with E-state index in [1.54, 1.807) is 36.4 Å². The van der Waals surface area contributed by atoms with Crippen molar-refractivity contribution in [3.8, 4) is 5.69 Å². The Balaban J connectivity index is 1.94. The van der Waals surface area contributed by atoms with Gasteiger partial charge in [-0.25, -0.2) is 13.8 Å². The van der Waals surface area contributed by atoms with Crippen molar-refractivity contribution in [1.29, 1.82) is 0 Å². The van der Waals surface area contributed by atoms with Crippen molar-refractivity contribution in [3.63, 3.8) is 0 Å². The van der Waals surface area contributed by atoms with Crippen LogP contribution >= 0.6 is 22.9 Å². The van der Waals surface area contributed by atoms with Gasteiger partial charge in [-0.15, -0.1) is 11.3 Å². The molecule has 0 aliphatic rings. The Morgan fingerprint density at radius 1 is 1.00 bits per heavy atom. The molecule has 0 N–H and O–H groups in total. The minimum absolute atomic E-state index is 0.00261. The fourth-order valence-electron chi connectivity index (χ4n) is 3.83. The van der Waals surface area contributed by atoms with Gasteiger partial charge in [-0.2, -0.15) is 0 Å². The molecule has 0 saturated heterocycles. The van der Waals surface area contributed by atoms with E-state index in [-0.39, 0.29) is 6.54 Å².